The van der Waals surface area contributed by atoms with Crippen LogP contribution in [0.25, 0.3) is 6.08 Å². The van der Waals surface area contributed by atoms with Gasteiger partial charge >= 0.3 is 0 Å². The van der Waals surface area contributed by atoms with Gasteiger partial charge in [0.15, 0.2) is 7.28 Å². The summed E-state index contributed by atoms with van der Waals surface area (Å²) in [6.07, 6.45) is 2.09. The molecule has 3 heteroatoms. The molecule has 2 aromatic carbocycles. The van der Waals surface area contributed by atoms with Gasteiger partial charge in [-0.2, -0.15) is 5.26 Å². The number of hydrogen-bond donors (Lipinski definition) is 0. The third-order valence-corrected chi connectivity index (χ3v) is 2.99. The van der Waals surface area contributed by atoms with Gasteiger partial charge in [-0.15, -0.1) is 5.98 Å². The number of nitrogens with zero attached hydrogens (tertiary/aromatic N) is 1. The van der Waals surface area contributed by atoms with Gasteiger partial charge in [0.2, 0.25) is 0 Å². The number of nitriles is 1. The first-order valence-electron chi connectivity index (χ1n) is 5.83. The van der Waals surface area contributed by atoms with Crippen molar-refractivity contribution in [3.8, 4) is 17.6 Å². The molecule has 2 aromatic rings. The van der Waals surface area contributed by atoms with Crippen LogP contribution in [0.3, 0.4) is 0 Å². The minimum Gasteiger partial charge on any atom is -0.457 e. The fraction of sp³-hybridized carbons (Fsp3) is 0. The number of fused-ring (bicyclic) bond motifs is 1. The Hall–Kier alpha value is -2.47. The monoisotopic (exact) mass is 231 g/mol. The van der Waals surface area contributed by atoms with Gasteiger partial charge in [-0.25, -0.2) is 0 Å². The summed E-state index contributed by atoms with van der Waals surface area (Å²) in [6.45, 7) is 0. The van der Waals surface area contributed by atoms with E-state index in [1.807, 2.05) is 24.3 Å². The molecule has 0 atom stereocenters. The van der Waals surface area contributed by atoms with Crippen molar-refractivity contribution >= 4 is 18.8 Å². The van der Waals surface area contributed by atoms with Crippen LogP contribution in [-0.4, -0.2) is 7.28 Å². The summed E-state index contributed by atoms with van der Waals surface area (Å²) in [7, 11) is 0.972. The molecule has 0 unspecified atom stereocenters. The highest BCUT2D eigenvalue weighted by molar-refractivity contribution is 6.62. The van der Waals surface area contributed by atoms with E-state index in [9.17, 15) is 0 Å². The predicted octanol–water partition coefficient (Wildman–Crippen LogP) is 2.40. The van der Waals surface area contributed by atoms with Gasteiger partial charge in [-0.3, -0.25) is 0 Å². The van der Waals surface area contributed by atoms with E-state index < -0.39 is 0 Å². The van der Waals surface area contributed by atoms with Crippen LogP contribution < -0.4 is 10.2 Å². The zero-order chi connectivity index (χ0) is 12.4. The molecule has 0 bridgehead atoms. The molecule has 0 saturated heterocycles. The maximum atomic E-state index is 8.75. The van der Waals surface area contributed by atoms with E-state index in [2.05, 4.69) is 24.2 Å². The SMILES string of the molecule is N#Cc1ccc(Oc2cccc3c2C=CB3)cc1. The molecule has 3 rings (SSSR count). The van der Waals surface area contributed by atoms with E-state index in [1.54, 1.807) is 12.1 Å². The fourth-order valence-electron chi connectivity index (χ4n) is 2.07. The largest absolute Gasteiger partial charge is 0.457 e. The maximum absolute atomic E-state index is 8.75. The number of ether oxygens (including phenoxy) is 1. The molecule has 0 aromatic heterocycles. The second-order valence-electron chi connectivity index (χ2n) is 4.17. The summed E-state index contributed by atoms with van der Waals surface area (Å²) in [5, 5.41) is 8.75. The van der Waals surface area contributed by atoms with Crippen LogP contribution in [-0.2, 0) is 0 Å². The summed E-state index contributed by atoms with van der Waals surface area (Å²) in [5.41, 5.74) is 3.09. The molecule has 0 saturated carbocycles. The van der Waals surface area contributed by atoms with Crippen molar-refractivity contribution in [3.05, 3.63) is 59.6 Å². The Morgan fingerprint density at radius 3 is 2.67 bits per heavy atom. The predicted molar refractivity (Wildman–Crippen MR) is 73.5 cm³/mol. The summed E-state index contributed by atoms with van der Waals surface area (Å²) in [5.74, 6) is 3.75. The van der Waals surface area contributed by atoms with Crippen molar-refractivity contribution in [1.29, 1.82) is 5.26 Å². The zero-order valence-electron chi connectivity index (χ0n) is 9.76. The van der Waals surface area contributed by atoms with Crippen molar-refractivity contribution in [2.75, 3.05) is 0 Å². The van der Waals surface area contributed by atoms with E-state index in [-0.39, 0.29) is 0 Å². The van der Waals surface area contributed by atoms with E-state index in [0.29, 0.717) is 5.56 Å². The van der Waals surface area contributed by atoms with Crippen LogP contribution in [0.4, 0.5) is 0 Å². The molecule has 0 spiro atoms. The Morgan fingerprint density at radius 1 is 1.06 bits per heavy atom. The van der Waals surface area contributed by atoms with Gasteiger partial charge in [0, 0.05) is 5.56 Å². The molecule has 18 heavy (non-hydrogen) atoms. The van der Waals surface area contributed by atoms with E-state index in [4.69, 9.17) is 10.00 Å². The Bertz CT molecular complexity index is 653. The van der Waals surface area contributed by atoms with E-state index >= 15 is 0 Å². The molecule has 1 aliphatic heterocycles. The molecule has 84 valence electrons. The molecule has 1 heterocycles. The first-order valence-corrected chi connectivity index (χ1v) is 5.83. The Kier molecular flexibility index (Phi) is 2.62. The number of hydrogen-bond acceptors (Lipinski definition) is 2. The molecular weight excluding hydrogens is 221 g/mol. The number of rotatable bonds is 2. The second kappa shape index (κ2) is 4.42. The van der Waals surface area contributed by atoms with Crippen molar-refractivity contribution in [2.45, 2.75) is 0 Å². The lowest BCUT2D eigenvalue weighted by Gasteiger charge is -2.09. The molecule has 2 nitrogen and oxygen atoms in total. The quantitative estimate of drug-likeness (QED) is 0.743. The maximum Gasteiger partial charge on any atom is 0.183 e. The smallest absolute Gasteiger partial charge is 0.183 e. The van der Waals surface area contributed by atoms with Crippen LogP contribution in [0.15, 0.2) is 48.4 Å². The summed E-state index contributed by atoms with van der Waals surface area (Å²) < 4.78 is 5.86. The van der Waals surface area contributed by atoms with Crippen molar-refractivity contribution < 1.29 is 4.74 Å². The molecule has 1 aliphatic rings. The summed E-state index contributed by atoms with van der Waals surface area (Å²) in [4.78, 5) is 0. The lowest BCUT2D eigenvalue weighted by atomic mass is 9.73. The van der Waals surface area contributed by atoms with Gasteiger partial charge < -0.3 is 4.74 Å². The van der Waals surface area contributed by atoms with E-state index in [1.165, 1.54) is 5.46 Å². The van der Waals surface area contributed by atoms with Gasteiger partial charge in [-0.05, 0) is 30.3 Å². The molecule has 0 fully saturated rings. The first kappa shape index (κ1) is 10.7. The first-order chi connectivity index (χ1) is 8.86. The second-order valence-corrected chi connectivity index (χ2v) is 4.17. The third kappa shape index (κ3) is 1.89. The van der Waals surface area contributed by atoms with Crippen LogP contribution in [0, 0.1) is 11.3 Å². The fourth-order valence-corrected chi connectivity index (χ4v) is 2.07. The average Bonchev–Trinajstić information content (AvgIpc) is 2.89. The highest BCUT2D eigenvalue weighted by Gasteiger charge is 2.11. The minimum absolute atomic E-state index is 0.639. The van der Waals surface area contributed by atoms with Crippen LogP contribution in [0.2, 0.25) is 0 Å². The standard InChI is InChI=1S/C15H10BNO/c17-10-11-4-6-12(7-5-11)18-15-3-1-2-14-13(15)8-9-16-14/h1-9,16H. The lowest BCUT2D eigenvalue weighted by molar-refractivity contribution is 0.482. The number of benzene rings is 2. The van der Waals surface area contributed by atoms with Gasteiger partial charge in [0.05, 0.1) is 11.6 Å². The molecule has 0 amide bonds. The van der Waals surface area contributed by atoms with Gasteiger partial charge in [0.1, 0.15) is 11.5 Å². The van der Waals surface area contributed by atoms with Crippen molar-refractivity contribution in [2.24, 2.45) is 0 Å². The van der Waals surface area contributed by atoms with Gasteiger partial charge in [0.25, 0.3) is 0 Å². The average molecular weight is 231 g/mol. The van der Waals surface area contributed by atoms with Crippen LogP contribution in [0.1, 0.15) is 11.1 Å². The highest BCUT2D eigenvalue weighted by atomic mass is 16.5. The molecule has 0 N–H and O–H groups in total. The van der Waals surface area contributed by atoms with Gasteiger partial charge in [-0.1, -0.05) is 23.7 Å². The molecule has 0 aliphatic carbocycles. The molecular formula is C15H10BNO. The molecule has 0 radical (unpaired) electrons. The summed E-state index contributed by atoms with van der Waals surface area (Å²) >= 11 is 0. The van der Waals surface area contributed by atoms with Crippen molar-refractivity contribution in [3.63, 3.8) is 0 Å². The van der Waals surface area contributed by atoms with Crippen LogP contribution in [0.5, 0.6) is 11.5 Å². The Balaban J connectivity index is 1.91. The summed E-state index contributed by atoms with van der Waals surface area (Å²) in [6, 6.07) is 15.3. The normalized spacial score (nSPS) is 11.5. The Labute approximate surface area is 106 Å². The van der Waals surface area contributed by atoms with E-state index in [0.717, 1.165) is 24.3 Å². The van der Waals surface area contributed by atoms with Crippen molar-refractivity contribution in [1.82, 2.24) is 0 Å². The van der Waals surface area contributed by atoms with Crippen LogP contribution >= 0.6 is 0 Å². The zero-order valence-corrected chi connectivity index (χ0v) is 9.76. The minimum atomic E-state index is 0.639. The topological polar surface area (TPSA) is 33.0 Å². The Morgan fingerprint density at radius 2 is 1.89 bits per heavy atom. The highest BCUT2D eigenvalue weighted by Crippen LogP contribution is 2.26. The lowest BCUT2D eigenvalue weighted by Crippen LogP contribution is -2.11. The third-order valence-electron chi connectivity index (χ3n) is 2.99.